The van der Waals surface area contributed by atoms with Gasteiger partial charge in [-0.2, -0.15) is 0 Å². The van der Waals surface area contributed by atoms with Gasteiger partial charge in [-0.05, 0) is 30.5 Å². The van der Waals surface area contributed by atoms with Crippen molar-refractivity contribution < 1.29 is 9.90 Å². The Kier molecular flexibility index (Phi) is 6.08. The highest BCUT2D eigenvalue weighted by Gasteiger charge is 2.08. The standard InChI is InChI=1S/C14H20N2O2/c1-11(2)13(17)8-10-16-14(18)7-6-12-5-3-4-9-15-12/h3-7,9,11,13,17H,8,10H2,1-2H3,(H,16,18)/b7-6+. The second-order valence-electron chi connectivity index (χ2n) is 4.48. The molecule has 1 aromatic rings. The van der Waals surface area contributed by atoms with Gasteiger partial charge in [0.05, 0.1) is 11.8 Å². The van der Waals surface area contributed by atoms with Crippen molar-refractivity contribution in [1.29, 1.82) is 0 Å². The predicted octanol–water partition coefficient (Wildman–Crippen LogP) is 1.62. The topological polar surface area (TPSA) is 62.2 Å². The zero-order valence-electron chi connectivity index (χ0n) is 10.8. The van der Waals surface area contributed by atoms with Crippen LogP contribution in [0.5, 0.6) is 0 Å². The molecule has 4 nitrogen and oxygen atoms in total. The second kappa shape index (κ2) is 7.61. The number of aliphatic hydroxyl groups is 1. The van der Waals surface area contributed by atoms with E-state index in [4.69, 9.17) is 0 Å². The lowest BCUT2D eigenvalue weighted by Gasteiger charge is -2.13. The average molecular weight is 248 g/mol. The molecule has 1 amide bonds. The Morgan fingerprint density at radius 3 is 2.89 bits per heavy atom. The molecule has 0 spiro atoms. The first-order valence-corrected chi connectivity index (χ1v) is 6.14. The van der Waals surface area contributed by atoms with Gasteiger partial charge in [0.2, 0.25) is 5.91 Å². The van der Waals surface area contributed by atoms with Crippen LogP contribution in [0.25, 0.3) is 6.08 Å². The van der Waals surface area contributed by atoms with Crippen LogP contribution in [-0.2, 0) is 4.79 Å². The first-order chi connectivity index (χ1) is 8.59. The SMILES string of the molecule is CC(C)C(O)CCNC(=O)/C=C/c1ccccn1. The molecule has 1 aromatic heterocycles. The fourth-order valence-corrected chi connectivity index (χ4v) is 1.37. The van der Waals surface area contributed by atoms with E-state index < -0.39 is 0 Å². The highest BCUT2D eigenvalue weighted by atomic mass is 16.3. The van der Waals surface area contributed by atoms with Gasteiger partial charge in [-0.1, -0.05) is 19.9 Å². The van der Waals surface area contributed by atoms with E-state index in [2.05, 4.69) is 10.3 Å². The van der Waals surface area contributed by atoms with Crippen LogP contribution in [0.1, 0.15) is 26.0 Å². The van der Waals surface area contributed by atoms with Crippen LogP contribution in [0.15, 0.2) is 30.5 Å². The number of nitrogens with zero attached hydrogens (tertiary/aromatic N) is 1. The molecule has 0 bridgehead atoms. The van der Waals surface area contributed by atoms with E-state index in [-0.39, 0.29) is 17.9 Å². The molecule has 0 aliphatic heterocycles. The zero-order chi connectivity index (χ0) is 13.4. The molecule has 2 N–H and O–H groups in total. The molecule has 0 aromatic carbocycles. The molecule has 18 heavy (non-hydrogen) atoms. The van der Waals surface area contributed by atoms with Crippen molar-refractivity contribution in [3.63, 3.8) is 0 Å². The van der Waals surface area contributed by atoms with Crippen molar-refractivity contribution in [3.05, 3.63) is 36.2 Å². The van der Waals surface area contributed by atoms with E-state index in [9.17, 15) is 9.90 Å². The fraction of sp³-hybridized carbons (Fsp3) is 0.429. The summed E-state index contributed by atoms with van der Waals surface area (Å²) in [4.78, 5) is 15.5. The van der Waals surface area contributed by atoms with Gasteiger partial charge in [-0.15, -0.1) is 0 Å². The van der Waals surface area contributed by atoms with Gasteiger partial charge in [0, 0.05) is 18.8 Å². The summed E-state index contributed by atoms with van der Waals surface area (Å²) >= 11 is 0. The van der Waals surface area contributed by atoms with Crippen molar-refractivity contribution in [3.8, 4) is 0 Å². The summed E-state index contributed by atoms with van der Waals surface area (Å²) in [6.07, 6.45) is 4.99. The minimum atomic E-state index is -0.370. The van der Waals surface area contributed by atoms with Gasteiger partial charge in [0.1, 0.15) is 0 Å². The molecule has 98 valence electrons. The van der Waals surface area contributed by atoms with Gasteiger partial charge in [0.25, 0.3) is 0 Å². The van der Waals surface area contributed by atoms with E-state index in [0.717, 1.165) is 5.69 Å². The highest BCUT2D eigenvalue weighted by Crippen LogP contribution is 2.04. The first-order valence-electron chi connectivity index (χ1n) is 6.14. The number of carbonyl (C=O) groups is 1. The van der Waals surface area contributed by atoms with Crippen molar-refractivity contribution in [2.45, 2.75) is 26.4 Å². The summed E-state index contributed by atoms with van der Waals surface area (Å²) in [5.41, 5.74) is 0.745. The summed E-state index contributed by atoms with van der Waals surface area (Å²) in [5.74, 6) is 0.0440. The van der Waals surface area contributed by atoms with Crippen LogP contribution >= 0.6 is 0 Å². The minimum absolute atomic E-state index is 0.170. The Balaban J connectivity index is 2.28. The molecular formula is C14H20N2O2. The van der Waals surface area contributed by atoms with Gasteiger partial charge in [0.15, 0.2) is 0 Å². The maximum absolute atomic E-state index is 11.5. The van der Waals surface area contributed by atoms with E-state index in [1.165, 1.54) is 6.08 Å². The number of aliphatic hydroxyl groups excluding tert-OH is 1. The molecule has 0 aliphatic carbocycles. The van der Waals surface area contributed by atoms with E-state index >= 15 is 0 Å². The Morgan fingerprint density at radius 1 is 1.50 bits per heavy atom. The van der Waals surface area contributed by atoms with Crippen molar-refractivity contribution >= 4 is 12.0 Å². The van der Waals surface area contributed by atoms with Crippen LogP contribution in [0, 0.1) is 5.92 Å². The number of hydrogen-bond acceptors (Lipinski definition) is 3. The number of aromatic nitrogens is 1. The largest absolute Gasteiger partial charge is 0.393 e. The molecule has 0 fully saturated rings. The molecule has 1 heterocycles. The lowest BCUT2D eigenvalue weighted by molar-refractivity contribution is -0.116. The number of nitrogens with one attached hydrogen (secondary N) is 1. The lowest BCUT2D eigenvalue weighted by atomic mass is 10.0. The van der Waals surface area contributed by atoms with Crippen molar-refractivity contribution in [2.75, 3.05) is 6.54 Å². The summed E-state index contributed by atoms with van der Waals surface area (Å²) in [6.45, 7) is 4.38. The Morgan fingerprint density at radius 2 is 2.28 bits per heavy atom. The third-order valence-corrected chi connectivity index (χ3v) is 2.60. The summed E-state index contributed by atoms with van der Waals surface area (Å²) in [7, 11) is 0. The van der Waals surface area contributed by atoms with Crippen LogP contribution < -0.4 is 5.32 Å². The van der Waals surface area contributed by atoms with Gasteiger partial charge in [-0.25, -0.2) is 0 Å². The fourth-order valence-electron chi connectivity index (χ4n) is 1.37. The van der Waals surface area contributed by atoms with Gasteiger partial charge >= 0.3 is 0 Å². The van der Waals surface area contributed by atoms with Crippen LogP contribution in [0.3, 0.4) is 0 Å². The molecule has 0 saturated carbocycles. The number of hydrogen-bond donors (Lipinski definition) is 2. The summed E-state index contributed by atoms with van der Waals surface area (Å²) in [6, 6.07) is 5.51. The van der Waals surface area contributed by atoms with E-state index in [1.807, 2.05) is 32.0 Å². The molecule has 0 aliphatic rings. The number of carbonyl (C=O) groups excluding carboxylic acids is 1. The molecule has 0 saturated heterocycles. The third-order valence-electron chi connectivity index (χ3n) is 2.60. The Bertz CT molecular complexity index is 388. The highest BCUT2D eigenvalue weighted by molar-refractivity contribution is 5.91. The van der Waals surface area contributed by atoms with Crippen LogP contribution in [-0.4, -0.2) is 28.6 Å². The summed E-state index contributed by atoms with van der Waals surface area (Å²) in [5, 5.41) is 12.3. The molecule has 1 atom stereocenters. The second-order valence-corrected chi connectivity index (χ2v) is 4.48. The van der Waals surface area contributed by atoms with Crippen molar-refractivity contribution in [2.24, 2.45) is 5.92 Å². The molecule has 1 rings (SSSR count). The minimum Gasteiger partial charge on any atom is -0.393 e. The smallest absolute Gasteiger partial charge is 0.244 e. The molecule has 1 unspecified atom stereocenters. The normalized spacial score (nSPS) is 12.9. The predicted molar refractivity (Wildman–Crippen MR) is 71.7 cm³/mol. The van der Waals surface area contributed by atoms with Gasteiger partial charge < -0.3 is 10.4 Å². The molecular weight excluding hydrogens is 228 g/mol. The first kappa shape index (κ1) is 14.4. The summed E-state index contributed by atoms with van der Waals surface area (Å²) < 4.78 is 0. The maximum atomic E-state index is 11.5. The van der Waals surface area contributed by atoms with Gasteiger partial charge in [-0.3, -0.25) is 9.78 Å². The number of pyridine rings is 1. The van der Waals surface area contributed by atoms with Crippen LogP contribution in [0.4, 0.5) is 0 Å². The third kappa shape index (κ3) is 5.59. The zero-order valence-corrected chi connectivity index (χ0v) is 10.8. The Hall–Kier alpha value is -1.68. The number of amides is 1. The maximum Gasteiger partial charge on any atom is 0.244 e. The van der Waals surface area contributed by atoms with E-state index in [1.54, 1.807) is 12.3 Å². The lowest BCUT2D eigenvalue weighted by Crippen LogP contribution is -2.27. The number of rotatable bonds is 6. The molecule has 4 heteroatoms. The Labute approximate surface area is 108 Å². The van der Waals surface area contributed by atoms with Crippen molar-refractivity contribution in [1.82, 2.24) is 10.3 Å². The quantitative estimate of drug-likeness (QED) is 0.752. The van der Waals surface area contributed by atoms with E-state index in [0.29, 0.717) is 13.0 Å². The average Bonchev–Trinajstić information content (AvgIpc) is 2.37. The van der Waals surface area contributed by atoms with Crippen LogP contribution in [0.2, 0.25) is 0 Å². The molecule has 0 radical (unpaired) electrons. The monoisotopic (exact) mass is 248 g/mol.